The van der Waals surface area contributed by atoms with Crippen molar-refractivity contribution in [2.45, 2.75) is 25.9 Å². The molecule has 0 aliphatic heterocycles. The van der Waals surface area contributed by atoms with Crippen molar-refractivity contribution >= 4 is 28.8 Å². The first kappa shape index (κ1) is 14.2. The molecule has 0 amide bonds. The van der Waals surface area contributed by atoms with Gasteiger partial charge in [0.1, 0.15) is 16.8 Å². The van der Waals surface area contributed by atoms with Gasteiger partial charge < -0.3 is 10.4 Å². The molecule has 0 aliphatic carbocycles. The number of aliphatic hydroxyl groups is 1. The molecule has 0 bridgehead atoms. The topological polar surface area (TPSA) is 58.0 Å². The van der Waals surface area contributed by atoms with Gasteiger partial charge in [0, 0.05) is 19.0 Å². The predicted octanol–water partition coefficient (Wildman–Crippen LogP) is 3.29. The first-order valence-corrected chi connectivity index (χ1v) is 7.48. The second kappa shape index (κ2) is 6.84. The summed E-state index contributed by atoms with van der Waals surface area (Å²) >= 11 is 7.52. The Hall–Kier alpha value is -1.17. The highest BCUT2D eigenvalue weighted by molar-refractivity contribution is 7.07. The van der Waals surface area contributed by atoms with Gasteiger partial charge in [-0.25, -0.2) is 9.97 Å². The molecule has 0 aromatic carbocycles. The Morgan fingerprint density at radius 2 is 2.32 bits per heavy atom. The number of aliphatic hydroxyl groups excluding tert-OH is 1. The third kappa shape index (κ3) is 4.16. The fraction of sp³-hybridized carbons (Fsp3) is 0.385. The lowest BCUT2D eigenvalue weighted by Gasteiger charge is -2.11. The lowest BCUT2D eigenvalue weighted by atomic mass is 10.2. The standard InChI is InChI=1S/C13H16ClN3OS/c1-2-3-12-16-11(14)6-13(17-12)15-7-10(18)9-4-5-19-8-9/h4-6,8,10,18H,2-3,7H2,1H3,(H,15,16,17). The normalized spacial score (nSPS) is 12.4. The largest absolute Gasteiger partial charge is 0.387 e. The van der Waals surface area contributed by atoms with E-state index in [0.29, 0.717) is 17.5 Å². The molecule has 0 radical (unpaired) electrons. The van der Waals surface area contributed by atoms with Crippen molar-refractivity contribution in [1.82, 2.24) is 9.97 Å². The second-order valence-corrected chi connectivity index (χ2v) is 5.36. The number of aromatic nitrogens is 2. The molecule has 2 N–H and O–H groups in total. The summed E-state index contributed by atoms with van der Waals surface area (Å²) in [6, 6.07) is 3.58. The summed E-state index contributed by atoms with van der Waals surface area (Å²) in [4.78, 5) is 8.52. The molecule has 1 atom stereocenters. The van der Waals surface area contributed by atoms with Crippen LogP contribution in [0.5, 0.6) is 0 Å². The van der Waals surface area contributed by atoms with Crippen molar-refractivity contribution in [2.24, 2.45) is 0 Å². The van der Waals surface area contributed by atoms with Gasteiger partial charge in [0.2, 0.25) is 0 Å². The highest BCUT2D eigenvalue weighted by atomic mass is 35.5. The van der Waals surface area contributed by atoms with Gasteiger partial charge in [0.15, 0.2) is 0 Å². The van der Waals surface area contributed by atoms with E-state index in [0.717, 1.165) is 24.2 Å². The van der Waals surface area contributed by atoms with E-state index in [1.54, 1.807) is 17.4 Å². The predicted molar refractivity (Wildman–Crippen MR) is 78.8 cm³/mol. The van der Waals surface area contributed by atoms with E-state index in [9.17, 15) is 5.11 Å². The maximum absolute atomic E-state index is 9.98. The number of thiophene rings is 1. The minimum Gasteiger partial charge on any atom is -0.387 e. The lowest BCUT2D eigenvalue weighted by molar-refractivity contribution is 0.192. The van der Waals surface area contributed by atoms with Crippen molar-refractivity contribution < 1.29 is 5.11 Å². The smallest absolute Gasteiger partial charge is 0.134 e. The first-order valence-electron chi connectivity index (χ1n) is 6.16. The SMILES string of the molecule is CCCc1nc(Cl)cc(NCC(O)c2ccsc2)n1. The monoisotopic (exact) mass is 297 g/mol. The molecule has 19 heavy (non-hydrogen) atoms. The van der Waals surface area contributed by atoms with Gasteiger partial charge in [-0.3, -0.25) is 0 Å². The average molecular weight is 298 g/mol. The van der Waals surface area contributed by atoms with Crippen LogP contribution in [0.25, 0.3) is 0 Å². The molecule has 6 heteroatoms. The zero-order chi connectivity index (χ0) is 13.7. The van der Waals surface area contributed by atoms with Crippen LogP contribution in [0.1, 0.15) is 30.8 Å². The van der Waals surface area contributed by atoms with Gasteiger partial charge in [-0.05, 0) is 28.8 Å². The summed E-state index contributed by atoms with van der Waals surface area (Å²) in [6.07, 6.45) is 1.22. The Balaban J connectivity index is 1.99. The minimum atomic E-state index is -0.547. The van der Waals surface area contributed by atoms with Crippen LogP contribution in [0, 0.1) is 0 Å². The summed E-state index contributed by atoms with van der Waals surface area (Å²) in [6.45, 7) is 2.47. The molecule has 2 aromatic heterocycles. The molecule has 0 spiro atoms. The number of aryl methyl sites for hydroxylation is 1. The van der Waals surface area contributed by atoms with Crippen molar-refractivity contribution in [1.29, 1.82) is 0 Å². The van der Waals surface area contributed by atoms with Crippen molar-refractivity contribution in [3.8, 4) is 0 Å². The summed E-state index contributed by atoms with van der Waals surface area (Å²) < 4.78 is 0. The number of anilines is 1. The number of hydrogen-bond donors (Lipinski definition) is 2. The van der Waals surface area contributed by atoms with Crippen molar-refractivity contribution in [3.63, 3.8) is 0 Å². The van der Waals surface area contributed by atoms with Crippen LogP contribution < -0.4 is 5.32 Å². The van der Waals surface area contributed by atoms with E-state index in [4.69, 9.17) is 11.6 Å². The molecule has 1 unspecified atom stereocenters. The van der Waals surface area contributed by atoms with E-state index >= 15 is 0 Å². The quantitative estimate of drug-likeness (QED) is 0.803. The van der Waals surface area contributed by atoms with Crippen LogP contribution in [0.15, 0.2) is 22.9 Å². The molecule has 102 valence electrons. The van der Waals surface area contributed by atoms with Crippen LogP contribution in [-0.2, 0) is 6.42 Å². The van der Waals surface area contributed by atoms with E-state index in [2.05, 4.69) is 22.2 Å². The van der Waals surface area contributed by atoms with E-state index < -0.39 is 6.10 Å². The van der Waals surface area contributed by atoms with Crippen molar-refractivity contribution in [2.75, 3.05) is 11.9 Å². The molecule has 2 heterocycles. The summed E-state index contributed by atoms with van der Waals surface area (Å²) in [5, 5.41) is 17.4. The fourth-order valence-electron chi connectivity index (χ4n) is 1.67. The molecule has 0 aliphatic rings. The average Bonchev–Trinajstić information content (AvgIpc) is 2.89. The third-order valence-corrected chi connectivity index (χ3v) is 3.51. The molecule has 0 fully saturated rings. The van der Waals surface area contributed by atoms with Crippen LogP contribution in [-0.4, -0.2) is 21.6 Å². The zero-order valence-corrected chi connectivity index (χ0v) is 12.2. The number of hydrogen-bond acceptors (Lipinski definition) is 5. The number of rotatable bonds is 6. The highest BCUT2D eigenvalue weighted by Crippen LogP contribution is 2.18. The molecule has 4 nitrogen and oxygen atoms in total. The van der Waals surface area contributed by atoms with E-state index in [-0.39, 0.29) is 0 Å². The minimum absolute atomic E-state index is 0.398. The Morgan fingerprint density at radius 3 is 3.00 bits per heavy atom. The number of halogens is 1. The number of nitrogens with zero attached hydrogens (tertiary/aromatic N) is 2. The molecular formula is C13H16ClN3OS. The van der Waals surface area contributed by atoms with Gasteiger partial charge in [-0.1, -0.05) is 18.5 Å². The number of nitrogens with one attached hydrogen (secondary N) is 1. The molecular weight excluding hydrogens is 282 g/mol. The molecule has 0 saturated carbocycles. The Kier molecular flexibility index (Phi) is 5.13. The van der Waals surface area contributed by atoms with Crippen LogP contribution in [0.4, 0.5) is 5.82 Å². The Morgan fingerprint density at radius 1 is 1.47 bits per heavy atom. The summed E-state index contributed by atoms with van der Waals surface area (Å²) in [5.41, 5.74) is 0.909. The maximum Gasteiger partial charge on any atom is 0.134 e. The maximum atomic E-state index is 9.98. The Labute approximate surface area is 121 Å². The van der Waals surface area contributed by atoms with Crippen LogP contribution in [0.2, 0.25) is 5.15 Å². The third-order valence-electron chi connectivity index (χ3n) is 2.62. The van der Waals surface area contributed by atoms with Gasteiger partial charge in [0.25, 0.3) is 0 Å². The van der Waals surface area contributed by atoms with Gasteiger partial charge in [0.05, 0.1) is 6.10 Å². The molecule has 2 aromatic rings. The van der Waals surface area contributed by atoms with E-state index in [1.165, 1.54) is 0 Å². The van der Waals surface area contributed by atoms with Crippen LogP contribution >= 0.6 is 22.9 Å². The van der Waals surface area contributed by atoms with Crippen molar-refractivity contribution in [3.05, 3.63) is 39.4 Å². The van der Waals surface area contributed by atoms with Gasteiger partial charge >= 0.3 is 0 Å². The fourth-order valence-corrected chi connectivity index (χ4v) is 2.58. The second-order valence-electron chi connectivity index (χ2n) is 4.20. The van der Waals surface area contributed by atoms with Crippen LogP contribution in [0.3, 0.4) is 0 Å². The first-order chi connectivity index (χ1) is 9.19. The van der Waals surface area contributed by atoms with E-state index in [1.807, 2.05) is 16.8 Å². The molecule has 2 rings (SSSR count). The zero-order valence-electron chi connectivity index (χ0n) is 10.6. The summed E-state index contributed by atoms with van der Waals surface area (Å²) in [5.74, 6) is 1.38. The lowest BCUT2D eigenvalue weighted by Crippen LogP contribution is -2.13. The van der Waals surface area contributed by atoms with Gasteiger partial charge in [-0.15, -0.1) is 0 Å². The van der Waals surface area contributed by atoms with Gasteiger partial charge in [-0.2, -0.15) is 11.3 Å². The summed E-state index contributed by atoms with van der Waals surface area (Å²) in [7, 11) is 0. The highest BCUT2D eigenvalue weighted by Gasteiger charge is 2.09. The Bertz CT molecular complexity index is 519. The molecule has 0 saturated heterocycles.